The van der Waals surface area contributed by atoms with E-state index in [0.29, 0.717) is 10.8 Å². The molecule has 3 nitrogen and oxygen atoms in total. The van der Waals surface area contributed by atoms with Crippen molar-refractivity contribution in [1.29, 1.82) is 0 Å². The standard InChI is InChI=1S/C14H21NO2S/c1-2-12-8-6-7-11-14(12)15-18(16,17)13-9-4-3-5-10-13/h3-5,9-10,12,14-15H,2,6-8,11H2,1H3. The second kappa shape index (κ2) is 5.85. The molecule has 2 rings (SSSR count). The van der Waals surface area contributed by atoms with Crippen LogP contribution in [0.15, 0.2) is 35.2 Å². The highest BCUT2D eigenvalue weighted by atomic mass is 32.2. The minimum absolute atomic E-state index is 0.106. The van der Waals surface area contributed by atoms with E-state index in [4.69, 9.17) is 0 Å². The molecule has 4 heteroatoms. The van der Waals surface area contributed by atoms with E-state index < -0.39 is 10.0 Å². The zero-order valence-corrected chi connectivity index (χ0v) is 11.6. The second-order valence-corrected chi connectivity index (χ2v) is 6.71. The number of rotatable bonds is 4. The molecule has 1 fully saturated rings. The molecule has 0 spiro atoms. The van der Waals surface area contributed by atoms with Gasteiger partial charge in [-0.25, -0.2) is 13.1 Å². The van der Waals surface area contributed by atoms with Crippen LogP contribution in [0.25, 0.3) is 0 Å². The van der Waals surface area contributed by atoms with Gasteiger partial charge in [-0.2, -0.15) is 0 Å². The third kappa shape index (κ3) is 3.12. The Kier molecular flexibility index (Phi) is 4.40. The maximum absolute atomic E-state index is 12.3. The summed E-state index contributed by atoms with van der Waals surface area (Å²) in [6.07, 6.45) is 5.49. The summed E-state index contributed by atoms with van der Waals surface area (Å²) in [6, 6.07) is 8.74. The highest BCUT2D eigenvalue weighted by molar-refractivity contribution is 7.89. The minimum Gasteiger partial charge on any atom is -0.208 e. The summed E-state index contributed by atoms with van der Waals surface area (Å²) in [6.45, 7) is 2.14. The smallest absolute Gasteiger partial charge is 0.208 e. The molecule has 1 saturated carbocycles. The number of benzene rings is 1. The van der Waals surface area contributed by atoms with Crippen LogP contribution in [0, 0.1) is 5.92 Å². The minimum atomic E-state index is -3.35. The van der Waals surface area contributed by atoms with Crippen molar-refractivity contribution in [3.05, 3.63) is 30.3 Å². The fraction of sp³-hybridized carbons (Fsp3) is 0.571. The van der Waals surface area contributed by atoms with Crippen molar-refractivity contribution >= 4 is 10.0 Å². The van der Waals surface area contributed by atoms with Gasteiger partial charge in [0.15, 0.2) is 0 Å². The first-order chi connectivity index (χ1) is 8.63. The summed E-state index contributed by atoms with van der Waals surface area (Å²) in [5.41, 5.74) is 0. The van der Waals surface area contributed by atoms with Crippen LogP contribution >= 0.6 is 0 Å². The van der Waals surface area contributed by atoms with Crippen molar-refractivity contribution in [2.45, 2.75) is 50.0 Å². The molecule has 0 aromatic heterocycles. The fourth-order valence-electron chi connectivity index (χ4n) is 2.72. The number of sulfonamides is 1. The fourth-order valence-corrected chi connectivity index (χ4v) is 4.08. The third-order valence-electron chi connectivity index (χ3n) is 3.79. The first-order valence-electron chi connectivity index (χ1n) is 6.71. The lowest BCUT2D eigenvalue weighted by Crippen LogP contribution is -2.41. The zero-order chi connectivity index (χ0) is 13.0. The Balaban J connectivity index is 2.12. The molecule has 1 aliphatic carbocycles. The molecule has 1 aliphatic rings. The van der Waals surface area contributed by atoms with Gasteiger partial charge in [-0.1, -0.05) is 44.4 Å². The van der Waals surface area contributed by atoms with E-state index >= 15 is 0 Å². The van der Waals surface area contributed by atoms with Gasteiger partial charge in [-0.3, -0.25) is 0 Å². The number of hydrogen-bond donors (Lipinski definition) is 1. The molecule has 100 valence electrons. The molecule has 1 aromatic carbocycles. The first kappa shape index (κ1) is 13.6. The summed E-state index contributed by atoms with van der Waals surface area (Å²) >= 11 is 0. The molecule has 0 amide bonds. The molecule has 1 aromatic rings. The summed E-state index contributed by atoms with van der Waals surface area (Å²) < 4.78 is 27.4. The van der Waals surface area contributed by atoms with Crippen LogP contribution in [0.2, 0.25) is 0 Å². The van der Waals surface area contributed by atoms with E-state index in [-0.39, 0.29) is 6.04 Å². The van der Waals surface area contributed by atoms with E-state index in [1.54, 1.807) is 24.3 Å². The topological polar surface area (TPSA) is 46.2 Å². The summed E-state index contributed by atoms with van der Waals surface area (Å²) in [4.78, 5) is 0.366. The average molecular weight is 267 g/mol. The molecule has 0 saturated heterocycles. The molecular formula is C14H21NO2S. The Morgan fingerprint density at radius 2 is 1.83 bits per heavy atom. The predicted molar refractivity (Wildman–Crippen MR) is 72.8 cm³/mol. The Bertz CT molecular complexity index is 470. The molecular weight excluding hydrogens is 246 g/mol. The van der Waals surface area contributed by atoms with E-state index in [0.717, 1.165) is 25.7 Å². The van der Waals surface area contributed by atoms with Crippen LogP contribution < -0.4 is 4.72 Å². The summed E-state index contributed by atoms with van der Waals surface area (Å²) in [5, 5.41) is 0. The lowest BCUT2D eigenvalue weighted by molar-refractivity contribution is 0.282. The van der Waals surface area contributed by atoms with Gasteiger partial charge >= 0.3 is 0 Å². The van der Waals surface area contributed by atoms with Crippen LogP contribution in [0.5, 0.6) is 0 Å². The highest BCUT2D eigenvalue weighted by Gasteiger charge is 2.28. The third-order valence-corrected chi connectivity index (χ3v) is 5.30. The van der Waals surface area contributed by atoms with Gasteiger partial charge in [0.2, 0.25) is 10.0 Å². The van der Waals surface area contributed by atoms with Gasteiger partial charge < -0.3 is 0 Å². The Morgan fingerprint density at radius 1 is 1.17 bits per heavy atom. The Labute approximate surface area is 110 Å². The lowest BCUT2D eigenvalue weighted by Gasteiger charge is -2.31. The van der Waals surface area contributed by atoms with Crippen LogP contribution in [-0.4, -0.2) is 14.5 Å². The normalized spacial score (nSPS) is 24.9. The molecule has 1 N–H and O–H groups in total. The van der Waals surface area contributed by atoms with Gasteiger partial charge in [0.05, 0.1) is 4.90 Å². The molecule has 0 heterocycles. The van der Waals surface area contributed by atoms with Gasteiger partial charge in [0.25, 0.3) is 0 Å². The van der Waals surface area contributed by atoms with Gasteiger partial charge in [-0.15, -0.1) is 0 Å². The molecule has 18 heavy (non-hydrogen) atoms. The highest BCUT2D eigenvalue weighted by Crippen LogP contribution is 2.27. The van der Waals surface area contributed by atoms with Gasteiger partial charge in [0.1, 0.15) is 0 Å². The van der Waals surface area contributed by atoms with Gasteiger partial charge in [0, 0.05) is 6.04 Å². The second-order valence-electron chi connectivity index (χ2n) is 4.99. The van der Waals surface area contributed by atoms with Crippen molar-refractivity contribution in [2.75, 3.05) is 0 Å². The number of nitrogens with one attached hydrogen (secondary N) is 1. The van der Waals surface area contributed by atoms with Crippen molar-refractivity contribution in [3.8, 4) is 0 Å². The zero-order valence-electron chi connectivity index (χ0n) is 10.8. The average Bonchev–Trinajstić information content (AvgIpc) is 2.40. The van der Waals surface area contributed by atoms with Crippen molar-refractivity contribution in [3.63, 3.8) is 0 Å². The monoisotopic (exact) mass is 267 g/mol. The van der Waals surface area contributed by atoms with Crippen LogP contribution in [0.4, 0.5) is 0 Å². The van der Waals surface area contributed by atoms with E-state index in [1.165, 1.54) is 6.42 Å². The molecule has 2 atom stereocenters. The van der Waals surface area contributed by atoms with Crippen molar-refractivity contribution in [1.82, 2.24) is 4.72 Å². The summed E-state index contributed by atoms with van der Waals surface area (Å²) in [7, 11) is -3.35. The Morgan fingerprint density at radius 3 is 2.50 bits per heavy atom. The van der Waals surface area contributed by atoms with Gasteiger partial charge in [-0.05, 0) is 30.9 Å². The maximum Gasteiger partial charge on any atom is 0.240 e. The van der Waals surface area contributed by atoms with E-state index in [1.807, 2.05) is 6.07 Å². The molecule has 0 radical (unpaired) electrons. The molecule has 2 unspecified atom stereocenters. The van der Waals surface area contributed by atoms with Crippen LogP contribution in [0.3, 0.4) is 0 Å². The largest absolute Gasteiger partial charge is 0.240 e. The van der Waals surface area contributed by atoms with E-state index in [9.17, 15) is 8.42 Å². The van der Waals surface area contributed by atoms with Crippen molar-refractivity contribution < 1.29 is 8.42 Å². The number of hydrogen-bond acceptors (Lipinski definition) is 2. The molecule has 0 aliphatic heterocycles. The Hall–Kier alpha value is -0.870. The van der Waals surface area contributed by atoms with E-state index in [2.05, 4.69) is 11.6 Å². The predicted octanol–water partition coefficient (Wildman–Crippen LogP) is 2.93. The lowest BCUT2D eigenvalue weighted by atomic mass is 9.83. The first-order valence-corrected chi connectivity index (χ1v) is 8.19. The summed E-state index contributed by atoms with van der Waals surface area (Å²) in [5.74, 6) is 0.484. The van der Waals surface area contributed by atoms with Crippen LogP contribution in [-0.2, 0) is 10.0 Å². The van der Waals surface area contributed by atoms with Crippen molar-refractivity contribution in [2.24, 2.45) is 5.92 Å². The SMILES string of the molecule is CCC1CCCCC1NS(=O)(=O)c1ccccc1. The quantitative estimate of drug-likeness (QED) is 0.911. The molecule has 0 bridgehead atoms. The maximum atomic E-state index is 12.3. The van der Waals surface area contributed by atoms with Crippen LogP contribution in [0.1, 0.15) is 39.0 Å².